The van der Waals surface area contributed by atoms with E-state index in [1.165, 1.54) is 6.42 Å². The molecule has 2 rings (SSSR count). The molecule has 1 aromatic carbocycles. The van der Waals surface area contributed by atoms with Crippen molar-refractivity contribution in [1.82, 2.24) is 20.9 Å². The number of rotatable bonds is 27. The molecule has 0 spiro atoms. The van der Waals surface area contributed by atoms with Crippen LogP contribution in [0.2, 0.25) is 0 Å². The largest absolute Gasteiger partial charge is 0.445 e. The topological polar surface area (TPSA) is 259 Å². The fourth-order valence-corrected chi connectivity index (χ4v) is 4.60. The van der Waals surface area contributed by atoms with E-state index in [1.54, 1.807) is 24.3 Å². The van der Waals surface area contributed by atoms with Crippen LogP contribution in [-0.2, 0) is 44.5 Å². The lowest BCUT2D eigenvalue weighted by atomic mass is 10.1. The third-order valence-corrected chi connectivity index (χ3v) is 8.39. The number of hydrogen-bond donors (Lipinski definition) is 6. The fraction of sp³-hybridized carbons (Fsp3) is 0.683. The quantitative estimate of drug-likeness (QED) is 0.0209. The van der Waals surface area contributed by atoms with E-state index in [0.29, 0.717) is 36.9 Å². The zero-order valence-corrected chi connectivity index (χ0v) is 38.3. The van der Waals surface area contributed by atoms with Crippen molar-refractivity contribution >= 4 is 44.7 Å². The Morgan fingerprint density at radius 1 is 0.952 bits per heavy atom. The van der Waals surface area contributed by atoms with Crippen molar-refractivity contribution in [1.29, 1.82) is 0 Å². The summed E-state index contributed by atoms with van der Waals surface area (Å²) in [6.45, 7) is 16.3. The van der Waals surface area contributed by atoms with E-state index in [1.807, 2.05) is 32.6 Å². The van der Waals surface area contributed by atoms with Gasteiger partial charge in [0.2, 0.25) is 18.2 Å². The fourth-order valence-electron chi connectivity index (χ4n) is 4.37. The predicted molar refractivity (Wildman–Crippen MR) is 238 cm³/mol. The van der Waals surface area contributed by atoms with Gasteiger partial charge in [0, 0.05) is 44.9 Å². The van der Waals surface area contributed by atoms with Gasteiger partial charge in [-0.15, -0.1) is 12.8 Å². The number of carbonyl (C=O) groups excluding carboxylic acids is 5. The molecule has 356 valence electrons. The number of alkyl carbamates (subject to hydrolysis) is 1. The minimum Gasteiger partial charge on any atom is -0.445 e. The van der Waals surface area contributed by atoms with E-state index in [0.717, 1.165) is 57.4 Å². The number of nitrogens with two attached hydrogens (primary N) is 1. The summed E-state index contributed by atoms with van der Waals surface area (Å²) >= 11 is 0. The van der Waals surface area contributed by atoms with Gasteiger partial charge in [0.25, 0.3) is 0 Å². The van der Waals surface area contributed by atoms with Crippen molar-refractivity contribution in [3.8, 4) is 12.8 Å². The van der Waals surface area contributed by atoms with E-state index in [2.05, 4.69) is 57.7 Å². The number of nitrogens with one attached hydrogen (secondary N) is 4. The van der Waals surface area contributed by atoms with Gasteiger partial charge in [0.05, 0.1) is 51.7 Å². The molecule has 2 unspecified atom stereocenters. The Hall–Kier alpha value is -4.51. The standard InChI is InChI=1S/C17H25FN3O8P.C13H25NO2.C5H11NO.C4H10N2O.C2H2/c18-30(25)29-10-9-27-8-7-26-6-5-20-17(24)28-12-14-1-3-15(4-2-14)21-16(23)11-19-13-22;1-3-5-6-7-13(15)14-9-8-12(11-14)16-10-4-2;1-4(2)5(3)6-7;1-2-3-6-4(5)7;1-2/h1-4,13,25H,5-12H2,(H,19,22)(H,20,24)(H,21,23);12H,3-11H2,1-2H3;4-5H,1-3H3;2-3H2,1H3,(H3,5,6,7);1-2H/t;12-;;;/m.0.../s1. The number of terminal acetylenes is 1. The van der Waals surface area contributed by atoms with E-state index in [4.69, 9.17) is 29.6 Å². The van der Waals surface area contributed by atoms with Crippen LogP contribution < -0.4 is 27.0 Å². The second-order valence-electron chi connectivity index (χ2n) is 13.5. The van der Waals surface area contributed by atoms with Gasteiger partial charge in [-0.25, -0.2) is 9.59 Å². The third-order valence-electron chi connectivity index (χ3n) is 8.00. The van der Waals surface area contributed by atoms with Gasteiger partial charge in [-0.05, 0) is 56.2 Å². The Morgan fingerprint density at radius 2 is 1.60 bits per heavy atom. The summed E-state index contributed by atoms with van der Waals surface area (Å²) in [5.41, 5.74) is 6.01. The number of likely N-dealkylation sites (tertiary alicyclic amines) is 1. The van der Waals surface area contributed by atoms with Crippen molar-refractivity contribution in [2.75, 3.05) is 77.7 Å². The third kappa shape index (κ3) is 40.9. The molecule has 0 aromatic heterocycles. The van der Waals surface area contributed by atoms with E-state index < -0.39 is 20.8 Å². The monoisotopic (exact) mass is 906 g/mol. The summed E-state index contributed by atoms with van der Waals surface area (Å²) in [5, 5.41) is 12.7. The van der Waals surface area contributed by atoms with Gasteiger partial charge in [-0.1, -0.05) is 64.8 Å². The molecule has 1 fully saturated rings. The zero-order chi connectivity index (χ0) is 47.4. The summed E-state index contributed by atoms with van der Waals surface area (Å²) < 4.78 is 37.3. The lowest BCUT2D eigenvalue weighted by Crippen LogP contribution is -2.30. The van der Waals surface area contributed by atoms with Crippen LogP contribution in [0.1, 0.15) is 92.1 Å². The Labute approximate surface area is 368 Å². The lowest BCUT2D eigenvalue weighted by Gasteiger charge is -2.16. The Kier molecular flexibility index (Phi) is 44.4. The van der Waals surface area contributed by atoms with Gasteiger partial charge in [0.15, 0.2) is 0 Å². The summed E-state index contributed by atoms with van der Waals surface area (Å²) in [6, 6.07) is 6.22. The zero-order valence-electron chi connectivity index (χ0n) is 37.4. The molecule has 0 bridgehead atoms. The highest BCUT2D eigenvalue weighted by Crippen LogP contribution is 2.31. The maximum absolute atomic E-state index is 12.0. The second kappa shape index (κ2) is 44.5. The van der Waals surface area contributed by atoms with Crippen LogP contribution in [0.3, 0.4) is 0 Å². The second-order valence-corrected chi connectivity index (χ2v) is 14.2. The first-order valence-electron chi connectivity index (χ1n) is 20.7. The highest BCUT2D eigenvalue weighted by Gasteiger charge is 2.26. The number of anilines is 1. The maximum Gasteiger partial charge on any atom is 0.407 e. The van der Waals surface area contributed by atoms with Gasteiger partial charge in [-0.2, -0.15) is 9.10 Å². The number of primary amides is 1. The number of hydrogen-bond acceptors (Lipinski definition) is 13. The highest BCUT2D eigenvalue weighted by atomic mass is 31.2. The molecule has 1 saturated heterocycles. The molecule has 62 heavy (non-hydrogen) atoms. The molecular weight excluding hydrogens is 832 g/mol. The average molecular weight is 906 g/mol. The first-order valence-corrected chi connectivity index (χ1v) is 21.8. The van der Waals surface area contributed by atoms with Crippen LogP contribution >= 0.6 is 8.69 Å². The van der Waals surface area contributed by atoms with Gasteiger partial charge >= 0.3 is 20.8 Å². The van der Waals surface area contributed by atoms with E-state index in [-0.39, 0.29) is 70.8 Å². The van der Waals surface area contributed by atoms with Crippen LogP contribution in [0.5, 0.6) is 0 Å². The van der Waals surface area contributed by atoms with E-state index >= 15 is 0 Å². The van der Waals surface area contributed by atoms with Gasteiger partial charge < -0.3 is 60.3 Å². The minimum atomic E-state index is -2.85. The molecule has 7 N–H and O–H groups in total. The lowest BCUT2D eigenvalue weighted by molar-refractivity contribution is -0.130. The Bertz CT molecular complexity index is 1320. The Morgan fingerprint density at radius 3 is 2.11 bits per heavy atom. The van der Waals surface area contributed by atoms with Crippen molar-refractivity contribution in [3.05, 3.63) is 34.7 Å². The molecule has 0 radical (unpaired) electrons. The summed E-state index contributed by atoms with van der Waals surface area (Å²) in [4.78, 5) is 74.9. The predicted octanol–water partition coefficient (Wildman–Crippen LogP) is 5.54. The number of unbranched alkanes of at least 4 members (excludes halogenated alkanes) is 2. The summed E-state index contributed by atoms with van der Waals surface area (Å²) in [6.07, 6.45) is 15.2. The molecule has 1 aliphatic heterocycles. The molecule has 0 saturated carbocycles. The molecule has 0 aliphatic carbocycles. The number of ether oxygens (including phenoxy) is 4. The normalized spacial score (nSPS) is 13.3. The smallest absolute Gasteiger partial charge is 0.407 e. The summed E-state index contributed by atoms with van der Waals surface area (Å²) in [5.74, 6) is 0.346. The number of benzene rings is 1. The van der Waals surface area contributed by atoms with Crippen molar-refractivity contribution in [3.63, 3.8) is 0 Å². The van der Waals surface area contributed by atoms with Gasteiger partial charge in [-0.3, -0.25) is 14.4 Å². The molecule has 1 aliphatic rings. The van der Waals surface area contributed by atoms with Crippen LogP contribution in [0.4, 0.5) is 19.5 Å². The minimum absolute atomic E-state index is 0.0278. The number of carbonyl (C=O) groups is 5. The molecule has 19 nitrogen and oxygen atoms in total. The number of nitrogens with zero attached hydrogens (tertiary/aromatic N) is 2. The molecule has 3 atom stereocenters. The van der Waals surface area contributed by atoms with Crippen LogP contribution in [0.25, 0.3) is 0 Å². The van der Waals surface area contributed by atoms with Crippen molar-refractivity contribution < 1.29 is 56.5 Å². The molecular formula is C41H73FN7O12P. The number of amides is 6. The van der Waals surface area contributed by atoms with Gasteiger partial charge in [0.1, 0.15) is 6.61 Å². The molecule has 6 amide bonds. The Balaban J connectivity index is -0.000000897. The van der Waals surface area contributed by atoms with Crippen LogP contribution in [-0.4, -0.2) is 125 Å². The average Bonchev–Trinajstić information content (AvgIpc) is 3.75. The number of urea groups is 1. The SMILES string of the molecule is C#C.CC(C)C(C)N=O.CCCCCC(=O)N1CC[C@H](OCCC)C1.CCCNC(N)=O.O=CNCC(=O)Nc1ccc(COC(=O)NCCOCCOCCOP(O)F)cc1. The van der Waals surface area contributed by atoms with Crippen molar-refractivity contribution in [2.24, 2.45) is 16.8 Å². The summed E-state index contributed by atoms with van der Waals surface area (Å²) in [7, 11) is -2.85. The highest BCUT2D eigenvalue weighted by molar-refractivity contribution is 7.40. The molecule has 1 aromatic rings. The molecule has 21 heteroatoms. The number of halogens is 1. The first kappa shape index (κ1) is 61.8. The number of nitroso groups, excluding NO2 is 1. The van der Waals surface area contributed by atoms with E-state index in [9.17, 15) is 33.1 Å². The van der Waals surface area contributed by atoms with Crippen LogP contribution in [0, 0.1) is 23.7 Å². The van der Waals surface area contributed by atoms with Crippen LogP contribution in [0.15, 0.2) is 29.4 Å². The van der Waals surface area contributed by atoms with Crippen molar-refractivity contribution in [2.45, 2.75) is 105 Å². The first-order chi connectivity index (χ1) is 29.7. The maximum atomic E-state index is 12.0. The molecule has 1 heterocycles.